The van der Waals surface area contributed by atoms with Gasteiger partial charge in [-0.1, -0.05) is 29.8 Å². The number of hydrogen-bond acceptors (Lipinski definition) is 5. The monoisotopic (exact) mass is 331 g/mol. The Morgan fingerprint density at radius 1 is 1.09 bits per heavy atom. The van der Waals surface area contributed by atoms with Crippen molar-refractivity contribution in [2.75, 3.05) is 39.9 Å². The molecule has 2 aliphatic heterocycles. The topological polar surface area (TPSA) is 43.9 Å². The summed E-state index contributed by atoms with van der Waals surface area (Å²) in [6.07, 6.45) is 1.80. The minimum absolute atomic E-state index is 0.174. The number of amides is 2. The Morgan fingerprint density at radius 2 is 1.74 bits per heavy atom. The molecular formula is C17H21N3O2S. The molecule has 2 fully saturated rings. The highest BCUT2D eigenvalue weighted by Gasteiger charge is 2.36. The SMILES string of the molecule is Cc1ccc(/C=C2/SC(=O)N(CN3CCN(C)CC3)C2=O)cc1. The van der Waals surface area contributed by atoms with Crippen LogP contribution < -0.4 is 0 Å². The number of carbonyl (C=O) groups is 2. The van der Waals surface area contributed by atoms with Gasteiger partial charge in [-0.15, -0.1) is 0 Å². The predicted molar refractivity (Wildman–Crippen MR) is 92.9 cm³/mol. The zero-order valence-corrected chi connectivity index (χ0v) is 14.3. The van der Waals surface area contributed by atoms with Gasteiger partial charge in [-0.3, -0.25) is 19.4 Å². The van der Waals surface area contributed by atoms with Crippen molar-refractivity contribution in [3.63, 3.8) is 0 Å². The van der Waals surface area contributed by atoms with E-state index in [9.17, 15) is 9.59 Å². The normalized spacial score (nSPS) is 22.3. The summed E-state index contributed by atoms with van der Waals surface area (Å²) in [7, 11) is 2.09. The van der Waals surface area contributed by atoms with Crippen LogP contribution in [0.4, 0.5) is 4.79 Å². The number of carbonyl (C=O) groups excluding carboxylic acids is 2. The van der Waals surface area contributed by atoms with Crippen LogP contribution in [0.5, 0.6) is 0 Å². The van der Waals surface area contributed by atoms with Gasteiger partial charge in [-0.2, -0.15) is 0 Å². The van der Waals surface area contributed by atoms with Crippen molar-refractivity contribution in [3.8, 4) is 0 Å². The molecule has 0 bridgehead atoms. The van der Waals surface area contributed by atoms with E-state index in [4.69, 9.17) is 0 Å². The first-order valence-electron chi connectivity index (χ1n) is 7.76. The average Bonchev–Trinajstić information content (AvgIpc) is 2.79. The maximum absolute atomic E-state index is 12.5. The van der Waals surface area contributed by atoms with Crippen molar-refractivity contribution in [2.45, 2.75) is 6.92 Å². The minimum atomic E-state index is -0.181. The molecule has 0 radical (unpaired) electrons. The summed E-state index contributed by atoms with van der Waals surface area (Å²) in [5.41, 5.74) is 2.12. The third-order valence-corrected chi connectivity index (χ3v) is 5.09. The van der Waals surface area contributed by atoms with E-state index in [1.54, 1.807) is 6.08 Å². The molecular weight excluding hydrogens is 310 g/mol. The molecule has 1 aromatic carbocycles. The van der Waals surface area contributed by atoms with Gasteiger partial charge in [0.25, 0.3) is 11.1 Å². The lowest BCUT2D eigenvalue weighted by atomic mass is 10.1. The van der Waals surface area contributed by atoms with Gasteiger partial charge in [0.1, 0.15) is 0 Å². The van der Waals surface area contributed by atoms with Gasteiger partial charge in [-0.25, -0.2) is 0 Å². The molecule has 2 saturated heterocycles. The molecule has 2 amide bonds. The Hall–Kier alpha value is -1.63. The van der Waals surface area contributed by atoms with Crippen molar-refractivity contribution >= 4 is 29.0 Å². The van der Waals surface area contributed by atoms with Gasteiger partial charge in [-0.05, 0) is 37.4 Å². The lowest BCUT2D eigenvalue weighted by Gasteiger charge is -2.33. The van der Waals surface area contributed by atoms with Crippen LogP contribution in [0.15, 0.2) is 29.2 Å². The molecule has 23 heavy (non-hydrogen) atoms. The molecule has 3 rings (SSSR count). The Bertz CT molecular complexity index is 634. The number of thioether (sulfide) groups is 1. The van der Waals surface area contributed by atoms with Gasteiger partial charge < -0.3 is 4.90 Å². The zero-order valence-electron chi connectivity index (χ0n) is 13.5. The first kappa shape index (κ1) is 16.2. The molecule has 5 nitrogen and oxygen atoms in total. The fraction of sp³-hybridized carbons (Fsp3) is 0.412. The van der Waals surface area contributed by atoms with Crippen LogP contribution in [0.25, 0.3) is 6.08 Å². The summed E-state index contributed by atoms with van der Waals surface area (Å²) in [6, 6.07) is 7.92. The van der Waals surface area contributed by atoms with Gasteiger partial charge in [0.2, 0.25) is 0 Å². The maximum Gasteiger partial charge on any atom is 0.294 e. The van der Waals surface area contributed by atoms with Crippen LogP contribution >= 0.6 is 11.8 Å². The highest BCUT2D eigenvalue weighted by atomic mass is 32.2. The Balaban J connectivity index is 1.68. The summed E-state index contributed by atoms with van der Waals surface area (Å²) in [5.74, 6) is -0.181. The molecule has 0 aromatic heterocycles. The number of hydrogen-bond donors (Lipinski definition) is 0. The van der Waals surface area contributed by atoms with E-state index < -0.39 is 0 Å². The lowest BCUT2D eigenvalue weighted by molar-refractivity contribution is -0.124. The van der Waals surface area contributed by atoms with Crippen LogP contribution in [-0.4, -0.2) is 65.7 Å². The van der Waals surface area contributed by atoms with E-state index in [1.165, 1.54) is 10.5 Å². The minimum Gasteiger partial charge on any atom is -0.304 e. The van der Waals surface area contributed by atoms with Crippen molar-refractivity contribution in [1.82, 2.24) is 14.7 Å². The number of rotatable bonds is 3. The first-order valence-corrected chi connectivity index (χ1v) is 8.57. The van der Waals surface area contributed by atoms with E-state index in [1.807, 2.05) is 31.2 Å². The molecule has 2 aliphatic rings. The van der Waals surface area contributed by atoms with E-state index >= 15 is 0 Å². The average molecular weight is 331 g/mol. The molecule has 1 aromatic rings. The summed E-state index contributed by atoms with van der Waals surface area (Å²) in [5, 5.41) is -0.174. The summed E-state index contributed by atoms with van der Waals surface area (Å²) >= 11 is 1.03. The Kier molecular flexibility index (Phi) is 4.84. The largest absolute Gasteiger partial charge is 0.304 e. The van der Waals surface area contributed by atoms with Crippen LogP contribution in [0.2, 0.25) is 0 Å². The van der Waals surface area contributed by atoms with Crippen molar-refractivity contribution < 1.29 is 9.59 Å². The molecule has 0 N–H and O–H groups in total. The third-order valence-electron chi connectivity index (χ3n) is 4.19. The van der Waals surface area contributed by atoms with Crippen molar-refractivity contribution in [1.29, 1.82) is 0 Å². The third kappa shape index (κ3) is 3.83. The first-order chi connectivity index (χ1) is 11.0. The van der Waals surface area contributed by atoms with Crippen LogP contribution in [0.3, 0.4) is 0 Å². The molecule has 0 atom stereocenters. The van der Waals surface area contributed by atoms with Crippen molar-refractivity contribution in [2.24, 2.45) is 0 Å². The van der Waals surface area contributed by atoms with Crippen molar-refractivity contribution in [3.05, 3.63) is 40.3 Å². The lowest BCUT2D eigenvalue weighted by Crippen LogP contribution is -2.49. The van der Waals surface area contributed by atoms with E-state index in [2.05, 4.69) is 16.8 Å². The summed E-state index contributed by atoms with van der Waals surface area (Å²) < 4.78 is 0. The predicted octanol–water partition coefficient (Wildman–Crippen LogP) is 2.24. The van der Waals surface area contributed by atoms with Crippen LogP contribution in [0, 0.1) is 6.92 Å². The smallest absolute Gasteiger partial charge is 0.294 e. The van der Waals surface area contributed by atoms with E-state index in [-0.39, 0.29) is 11.1 Å². The molecule has 0 saturated carbocycles. The molecule has 0 unspecified atom stereocenters. The fourth-order valence-electron chi connectivity index (χ4n) is 2.63. The Morgan fingerprint density at radius 3 is 2.39 bits per heavy atom. The summed E-state index contributed by atoms with van der Waals surface area (Å²) in [6.45, 7) is 6.12. The number of imide groups is 1. The number of nitrogens with zero attached hydrogens (tertiary/aromatic N) is 3. The Labute approximate surface area is 140 Å². The standard InChI is InChI=1S/C17H21N3O2S/c1-13-3-5-14(6-4-13)11-15-16(21)20(17(22)23-15)12-19-9-7-18(2)8-10-19/h3-6,11H,7-10,12H2,1-2H3/b15-11+. The summed E-state index contributed by atoms with van der Waals surface area (Å²) in [4.78, 5) is 30.9. The number of aryl methyl sites for hydroxylation is 1. The molecule has 2 heterocycles. The van der Waals surface area contributed by atoms with E-state index in [0.29, 0.717) is 11.6 Å². The van der Waals surface area contributed by atoms with Gasteiger partial charge in [0.15, 0.2) is 0 Å². The van der Waals surface area contributed by atoms with Crippen LogP contribution in [-0.2, 0) is 4.79 Å². The zero-order chi connectivity index (χ0) is 16.4. The van der Waals surface area contributed by atoms with Gasteiger partial charge in [0.05, 0.1) is 11.6 Å². The second-order valence-corrected chi connectivity index (χ2v) is 7.08. The highest BCUT2D eigenvalue weighted by Crippen LogP contribution is 2.32. The van der Waals surface area contributed by atoms with Gasteiger partial charge >= 0.3 is 0 Å². The van der Waals surface area contributed by atoms with Crippen LogP contribution in [0.1, 0.15) is 11.1 Å². The quantitative estimate of drug-likeness (QED) is 0.795. The highest BCUT2D eigenvalue weighted by molar-refractivity contribution is 8.18. The maximum atomic E-state index is 12.5. The molecule has 122 valence electrons. The van der Waals surface area contributed by atoms with Gasteiger partial charge in [0, 0.05) is 26.2 Å². The number of piperazine rings is 1. The fourth-order valence-corrected chi connectivity index (χ4v) is 3.46. The second kappa shape index (κ2) is 6.86. The van der Waals surface area contributed by atoms with E-state index in [0.717, 1.165) is 43.5 Å². The molecule has 0 spiro atoms. The second-order valence-electron chi connectivity index (χ2n) is 6.08. The number of likely N-dealkylation sites (N-methyl/N-ethyl adjacent to an activating group) is 1. The molecule has 6 heteroatoms. The molecule has 0 aliphatic carbocycles. The number of benzene rings is 1.